The number of rotatable bonds is 2. The van der Waals surface area contributed by atoms with Gasteiger partial charge in [-0.25, -0.2) is 0 Å². The summed E-state index contributed by atoms with van der Waals surface area (Å²) in [6.07, 6.45) is 1.52. The molecule has 4 nitrogen and oxygen atoms in total. The lowest BCUT2D eigenvalue weighted by atomic mass is 10.1. The van der Waals surface area contributed by atoms with Crippen LogP contribution in [0.5, 0.6) is 0 Å². The highest BCUT2D eigenvalue weighted by molar-refractivity contribution is 5.84. The summed E-state index contributed by atoms with van der Waals surface area (Å²) >= 11 is 0. The summed E-state index contributed by atoms with van der Waals surface area (Å²) in [5.41, 5.74) is 2.27. The molecule has 2 aromatic rings. The Hall–Kier alpha value is -1.97. The van der Waals surface area contributed by atoms with E-state index in [2.05, 4.69) is 9.97 Å². The van der Waals surface area contributed by atoms with Gasteiger partial charge in [0.25, 0.3) is 0 Å². The molecule has 0 saturated carbocycles. The largest absolute Gasteiger partial charge is 0.481 e. The van der Waals surface area contributed by atoms with E-state index in [1.54, 1.807) is 12.3 Å². The third kappa shape index (κ3) is 1.93. The zero-order chi connectivity index (χ0) is 10.8. The molecule has 0 spiro atoms. The third-order valence-corrected chi connectivity index (χ3v) is 2.16. The summed E-state index contributed by atoms with van der Waals surface area (Å²) in [6.45, 7) is 1.90. The molecule has 4 heteroatoms. The Balaban J connectivity index is 2.60. The number of carboxylic acid groups (broad SMARTS) is 1. The number of carboxylic acids is 1. The van der Waals surface area contributed by atoms with Crippen LogP contribution in [0.2, 0.25) is 0 Å². The van der Waals surface area contributed by atoms with Crippen LogP contribution in [0.25, 0.3) is 10.9 Å². The molecule has 0 aliphatic heterocycles. The summed E-state index contributed by atoms with van der Waals surface area (Å²) in [5.74, 6) is -0.879. The van der Waals surface area contributed by atoms with E-state index in [1.807, 2.05) is 19.1 Å². The van der Waals surface area contributed by atoms with Crippen molar-refractivity contribution in [3.05, 3.63) is 35.8 Å². The fraction of sp³-hybridized carbons (Fsp3) is 0.182. The second-order valence-electron chi connectivity index (χ2n) is 3.35. The van der Waals surface area contributed by atoms with Gasteiger partial charge in [-0.15, -0.1) is 0 Å². The molecule has 0 aromatic carbocycles. The van der Waals surface area contributed by atoms with Gasteiger partial charge in [-0.1, -0.05) is 0 Å². The Kier molecular flexibility index (Phi) is 2.33. The van der Waals surface area contributed by atoms with E-state index in [0.29, 0.717) is 5.69 Å². The molecule has 0 amide bonds. The molecule has 0 unspecified atom stereocenters. The van der Waals surface area contributed by atoms with E-state index >= 15 is 0 Å². The van der Waals surface area contributed by atoms with Gasteiger partial charge in [0.2, 0.25) is 0 Å². The molecule has 0 atom stereocenters. The van der Waals surface area contributed by atoms with Crippen molar-refractivity contribution in [3.63, 3.8) is 0 Å². The van der Waals surface area contributed by atoms with Gasteiger partial charge in [-0.05, 0) is 25.1 Å². The van der Waals surface area contributed by atoms with Crippen LogP contribution >= 0.6 is 0 Å². The zero-order valence-corrected chi connectivity index (χ0v) is 8.27. The first-order chi connectivity index (χ1) is 7.16. The van der Waals surface area contributed by atoms with Crippen molar-refractivity contribution in [3.8, 4) is 0 Å². The Bertz CT molecular complexity index is 523. The van der Waals surface area contributed by atoms with Crippen molar-refractivity contribution >= 4 is 16.9 Å². The van der Waals surface area contributed by atoms with E-state index < -0.39 is 5.97 Å². The second kappa shape index (κ2) is 3.65. The van der Waals surface area contributed by atoms with Gasteiger partial charge < -0.3 is 5.11 Å². The second-order valence-corrected chi connectivity index (χ2v) is 3.35. The molecule has 0 radical (unpaired) electrons. The predicted octanol–water partition coefficient (Wildman–Crippen LogP) is 1.57. The molecule has 1 N–H and O–H groups in total. The van der Waals surface area contributed by atoms with Crippen molar-refractivity contribution in [1.29, 1.82) is 0 Å². The first kappa shape index (κ1) is 9.58. The van der Waals surface area contributed by atoms with Crippen LogP contribution in [-0.4, -0.2) is 21.0 Å². The fourth-order valence-corrected chi connectivity index (χ4v) is 1.50. The highest BCUT2D eigenvalue weighted by atomic mass is 16.4. The number of aliphatic carboxylic acids is 1. The summed E-state index contributed by atoms with van der Waals surface area (Å²) in [5, 5.41) is 9.53. The predicted molar refractivity (Wildman–Crippen MR) is 55.6 cm³/mol. The fourth-order valence-electron chi connectivity index (χ4n) is 1.50. The molecule has 15 heavy (non-hydrogen) atoms. The smallest absolute Gasteiger partial charge is 0.309 e. The zero-order valence-electron chi connectivity index (χ0n) is 8.27. The highest BCUT2D eigenvalue weighted by Gasteiger charge is 2.07. The molecule has 76 valence electrons. The van der Waals surface area contributed by atoms with Crippen LogP contribution in [0.4, 0.5) is 0 Å². The molecule has 2 rings (SSSR count). The van der Waals surface area contributed by atoms with Crippen molar-refractivity contribution < 1.29 is 9.90 Å². The van der Waals surface area contributed by atoms with Gasteiger partial charge in [0.1, 0.15) is 0 Å². The maximum atomic E-state index is 10.6. The van der Waals surface area contributed by atoms with Crippen molar-refractivity contribution in [2.24, 2.45) is 0 Å². The van der Waals surface area contributed by atoms with E-state index in [9.17, 15) is 4.79 Å². The van der Waals surface area contributed by atoms with Crippen LogP contribution in [0, 0.1) is 6.92 Å². The number of aryl methyl sites for hydroxylation is 1. The highest BCUT2D eigenvalue weighted by Crippen LogP contribution is 2.15. The lowest BCUT2D eigenvalue weighted by molar-refractivity contribution is -0.136. The van der Waals surface area contributed by atoms with Crippen molar-refractivity contribution in [2.75, 3.05) is 0 Å². The number of aromatic nitrogens is 2. The number of hydrogen-bond donors (Lipinski definition) is 1. The van der Waals surface area contributed by atoms with Crippen LogP contribution in [0.15, 0.2) is 24.4 Å². The normalized spacial score (nSPS) is 10.5. The first-order valence-electron chi connectivity index (χ1n) is 4.60. The molecular formula is C11H10N2O2. The third-order valence-electron chi connectivity index (χ3n) is 2.16. The van der Waals surface area contributed by atoms with Crippen LogP contribution in [0.3, 0.4) is 0 Å². The molecule has 2 aromatic heterocycles. The topological polar surface area (TPSA) is 63.1 Å². The minimum Gasteiger partial charge on any atom is -0.481 e. The van der Waals surface area contributed by atoms with Crippen LogP contribution in [0.1, 0.15) is 11.4 Å². The number of hydrogen-bond acceptors (Lipinski definition) is 3. The molecular weight excluding hydrogens is 192 g/mol. The number of nitrogens with zero attached hydrogens (tertiary/aromatic N) is 2. The summed E-state index contributed by atoms with van der Waals surface area (Å²) in [4.78, 5) is 19.0. The van der Waals surface area contributed by atoms with E-state index in [1.165, 1.54) is 0 Å². The van der Waals surface area contributed by atoms with Crippen LogP contribution < -0.4 is 0 Å². The van der Waals surface area contributed by atoms with Gasteiger partial charge in [-0.2, -0.15) is 0 Å². The SMILES string of the molecule is Cc1ccc2c(CC(=O)O)nccc2n1. The van der Waals surface area contributed by atoms with E-state index in [0.717, 1.165) is 16.6 Å². The molecule has 2 heterocycles. The maximum Gasteiger partial charge on any atom is 0.309 e. The first-order valence-corrected chi connectivity index (χ1v) is 4.60. The molecule has 0 aliphatic rings. The molecule has 0 bridgehead atoms. The van der Waals surface area contributed by atoms with E-state index in [-0.39, 0.29) is 6.42 Å². The average molecular weight is 202 g/mol. The summed E-state index contributed by atoms with van der Waals surface area (Å²) < 4.78 is 0. The van der Waals surface area contributed by atoms with Gasteiger partial charge in [0.15, 0.2) is 0 Å². The Morgan fingerprint density at radius 3 is 2.93 bits per heavy atom. The molecule has 0 aliphatic carbocycles. The van der Waals surface area contributed by atoms with Crippen molar-refractivity contribution in [2.45, 2.75) is 13.3 Å². The van der Waals surface area contributed by atoms with Gasteiger partial charge in [0, 0.05) is 17.3 Å². The summed E-state index contributed by atoms with van der Waals surface area (Å²) in [7, 11) is 0. The van der Waals surface area contributed by atoms with Gasteiger partial charge in [-0.3, -0.25) is 14.8 Å². The minimum absolute atomic E-state index is 0.0674. The average Bonchev–Trinajstić information content (AvgIpc) is 2.16. The molecule has 0 saturated heterocycles. The molecule has 0 fully saturated rings. The maximum absolute atomic E-state index is 10.6. The monoisotopic (exact) mass is 202 g/mol. The Morgan fingerprint density at radius 1 is 1.40 bits per heavy atom. The van der Waals surface area contributed by atoms with Crippen molar-refractivity contribution in [1.82, 2.24) is 9.97 Å². The summed E-state index contributed by atoms with van der Waals surface area (Å²) in [6, 6.07) is 5.51. The lowest BCUT2D eigenvalue weighted by Gasteiger charge is -2.02. The lowest BCUT2D eigenvalue weighted by Crippen LogP contribution is -2.03. The standard InChI is InChI=1S/C11H10N2O2/c1-7-2-3-8-9(13-7)4-5-12-10(8)6-11(14)15/h2-5H,6H2,1H3,(H,14,15). The Morgan fingerprint density at radius 2 is 2.20 bits per heavy atom. The quantitative estimate of drug-likeness (QED) is 0.802. The van der Waals surface area contributed by atoms with Gasteiger partial charge >= 0.3 is 5.97 Å². The van der Waals surface area contributed by atoms with E-state index in [4.69, 9.17) is 5.11 Å². The number of carbonyl (C=O) groups is 1. The Labute approximate surface area is 86.6 Å². The number of pyridine rings is 2. The minimum atomic E-state index is -0.879. The van der Waals surface area contributed by atoms with Crippen LogP contribution in [-0.2, 0) is 11.2 Å². The van der Waals surface area contributed by atoms with Gasteiger partial charge in [0.05, 0.1) is 17.6 Å². The number of fused-ring (bicyclic) bond motifs is 1.